The number of fused-ring (bicyclic) bond motifs is 1. The van der Waals surface area contributed by atoms with Gasteiger partial charge in [0, 0.05) is 19.2 Å². The number of ether oxygens (including phenoxy) is 1. The van der Waals surface area contributed by atoms with Gasteiger partial charge >= 0.3 is 0 Å². The molecule has 3 aromatic carbocycles. The number of benzene rings is 3. The van der Waals surface area contributed by atoms with Gasteiger partial charge in [-0.25, -0.2) is 13.1 Å². The Kier molecular flexibility index (Phi) is 5.67. The second kappa shape index (κ2) is 8.00. The van der Waals surface area contributed by atoms with Crippen molar-refractivity contribution in [3.8, 4) is 5.75 Å². The van der Waals surface area contributed by atoms with Gasteiger partial charge in [0.15, 0.2) is 0 Å². The van der Waals surface area contributed by atoms with Crippen LogP contribution in [0.25, 0.3) is 10.8 Å². The van der Waals surface area contributed by atoms with Crippen LogP contribution >= 0.6 is 0 Å². The Bertz CT molecular complexity index is 1120. The van der Waals surface area contributed by atoms with Crippen molar-refractivity contribution in [2.75, 3.05) is 21.2 Å². The highest BCUT2D eigenvalue weighted by Crippen LogP contribution is 2.26. The average molecular weight is 398 g/mol. The van der Waals surface area contributed by atoms with Gasteiger partial charge < -0.3 is 9.64 Å². The molecule has 0 heterocycles. The molecular weight excluding hydrogens is 376 g/mol. The van der Waals surface area contributed by atoms with Crippen LogP contribution in [-0.4, -0.2) is 40.4 Å². The monoisotopic (exact) mass is 398 g/mol. The quantitative estimate of drug-likeness (QED) is 0.693. The van der Waals surface area contributed by atoms with Gasteiger partial charge in [-0.3, -0.25) is 4.79 Å². The summed E-state index contributed by atoms with van der Waals surface area (Å²) in [6, 6.07) is 18.4. The van der Waals surface area contributed by atoms with Crippen molar-refractivity contribution in [3.05, 3.63) is 71.8 Å². The van der Waals surface area contributed by atoms with E-state index in [1.165, 1.54) is 26.3 Å². The molecular formula is C21H22N2O4S. The minimum atomic E-state index is -3.76. The van der Waals surface area contributed by atoms with E-state index in [0.717, 1.165) is 16.3 Å². The molecule has 0 aromatic heterocycles. The van der Waals surface area contributed by atoms with Crippen LogP contribution in [0.2, 0.25) is 0 Å². The third-order valence-corrected chi connectivity index (χ3v) is 6.04. The second-order valence-corrected chi connectivity index (χ2v) is 8.23. The molecule has 0 aliphatic heterocycles. The first kappa shape index (κ1) is 19.9. The first-order valence-electron chi connectivity index (χ1n) is 8.71. The topological polar surface area (TPSA) is 75.7 Å². The van der Waals surface area contributed by atoms with Crippen molar-refractivity contribution in [2.45, 2.75) is 11.4 Å². The molecule has 1 amide bonds. The summed E-state index contributed by atoms with van der Waals surface area (Å²) in [5.41, 5.74) is 1.29. The maximum Gasteiger partial charge on any atom is 0.253 e. The summed E-state index contributed by atoms with van der Waals surface area (Å²) in [5.74, 6) is -0.0919. The largest absolute Gasteiger partial charge is 0.495 e. The van der Waals surface area contributed by atoms with Crippen molar-refractivity contribution in [1.82, 2.24) is 9.62 Å². The minimum absolute atomic E-state index is 0.0677. The summed E-state index contributed by atoms with van der Waals surface area (Å²) in [7, 11) is 0.641. The summed E-state index contributed by atoms with van der Waals surface area (Å²) in [6.45, 7) is 0.403. The molecule has 0 unspecified atom stereocenters. The highest BCUT2D eigenvalue weighted by molar-refractivity contribution is 7.89. The first-order valence-corrected chi connectivity index (χ1v) is 10.2. The Labute approximate surface area is 164 Å². The van der Waals surface area contributed by atoms with E-state index in [-0.39, 0.29) is 22.1 Å². The molecule has 0 aliphatic rings. The molecule has 0 spiro atoms. The van der Waals surface area contributed by atoms with Gasteiger partial charge in [-0.15, -0.1) is 0 Å². The average Bonchev–Trinajstić information content (AvgIpc) is 2.73. The van der Waals surface area contributed by atoms with E-state index in [9.17, 15) is 13.2 Å². The SMILES string of the molecule is CNS(=O)(=O)c1cc(C(=O)N(C)Cc2cccc3ccccc23)ccc1OC. The summed E-state index contributed by atoms with van der Waals surface area (Å²) in [6.07, 6.45) is 0. The Hall–Kier alpha value is -2.90. The van der Waals surface area contributed by atoms with Crippen molar-refractivity contribution < 1.29 is 17.9 Å². The molecule has 0 radical (unpaired) electrons. The van der Waals surface area contributed by atoms with E-state index in [2.05, 4.69) is 4.72 Å². The van der Waals surface area contributed by atoms with E-state index in [1.807, 2.05) is 42.5 Å². The van der Waals surface area contributed by atoms with Gasteiger partial charge in [0.1, 0.15) is 10.6 Å². The molecule has 146 valence electrons. The van der Waals surface area contributed by atoms with Crippen molar-refractivity contribution >= 4 is 26.7 Å². The normalized spacial score (nSPS) is 11.4. The number of nitrogens with one attached hydrogen (secondary N) is 1. The van der Waals surface area contributed by atoms with Crippen LogP contribution in [0.15, 0.2) is 65.6 Å². The van der Waals surface area contributed by atoms with Gasteiger partial charge in [-0.1, -0.05) is 42.5 Å². The molecule has 0 aliphatic carbocycles. The summed E-state index contributed by atoms with van der Waals surface area (Å²) < 4.78 is 31.9. The van der Waals surface area contributed by atoms with Crippen LogP contribution < -0.4 is 9.46 Å². The number of carbonyl (C=O) groups excluding carboxylic acids is 1. The number of hydrogen-bond donors (Lipinski definition) is 1. The predicted octanol–water partition coefficient (Wildman–Crippen LogP) is 3.03. The first-order chi connectivity index (χ1) is 13.4. The molecule has 1 N–H and O–H groups in total. The summed E-state index contributed by atoms with van der Waals surface area (Å²) in [4.78, 5) is 14.4. The molecule has 6 nitrogen and oxygen atoms in total. The number of methoxy groups -OCH3 is 1. The Morgan fingerprint density at radius 1 is 1.07 bits per heavy atom. The molecule has 3 rings (SSSR count). The second-order valence-electron chi connectivity index (χ2n) is 6.37. The Balaban J connectivity index is 1.92. The maximum atomic E-state index is 12.9. The van der Waals surface area contributed by atoms with E-state index in [0.29, 0.717) is 6.54 Å². The van der Waals surface area contributed by atoms with E-state index in [1.54, 1.807) is 18.0 Å². The van der Waals surface area contributed by atoms with Gasteiger partial charge in [0.2, 0.25) is 10.0 Å². The van der Waals surface area contributed by atoms with Crippen molar-refractivity contribution in [1.29, 1.82) is 0 Å². The van der Waals surface area contributed by atoms with Crippen molar-refractivity contribution in [2.24, 2.45) is 0 Å². The Morgan fingerprint density at radius 3 is 2.50 bits per heavy atom. The van der Waals surface area contributed by atoms with E-state index < -0.39 is 10.0 Å². The molecule has 3 aromatic rings. The molecule has 0 saturated carbocycles. The highest BCUT2D eigenvalue weighted by Gasteiger charge is 2.21. The molecule has 0 atom stereocenters. The molecule has 28 heavy (non-hydrogen) atoms. The third kappa shape index (κ3) is 3.85. The summed E-state index contributed by atoms with van der Waals surface area (Å²) >= 11 is 0. The lowest BCUT2D eigenvalue weighted by atomic mass is 10.0. The van der Waals surface area contributed by atoms with Crippen LogP contribution in [0, 0.1) is 0 Å². The van der Waals surface area contributed by atoms with Crippen molar-refractivity contribution in [3.63, 3.8) is 0 Å². The standard InChI is InChI=1S/C21H22N2O4S/c1-22-28(25,26)20-13-16(11-12-19(20)27-3)21(24)23(2)14-17-9-6-8-15-7-4-5-10-18(15)17/h4-13,22H,14H2,1-3H3. The molecule has 0 bridgehead atoms. The van der Waals surface area contributed by atoms with Gasteiger partial charge in [0.25, 0.3) is 5.91 Å². The van der Waals surface area contributed by atoms with Crippen LogP contribution in [0.1, 0.15) is 15.9 Å². The molecule has 0 saturated heterocycles. The van der Waals surface area contributed by atoms with Crippen LogP contribution in [-0.2, 0) is 16.6 Å². The van der Waals surface area contributed by atoms with Crippen LogP contribution in [0.5, 0.6) is 5.75 Å². The fourth-order valence-corrected chi connectivity index (χ4v) is 4.03. The number of sulfonamides is 1. The third-order valence-electron chi connectivity index (χ3n) is 4.60. The lowest BCUT2D eigenvalue weighted by Gasteiger charge is -2.19. The number of rotatable bonds is 6. The smallest absolute Gasteiger partial charge is 0.253 e. The lowest BCUT2D eigenvalue weighted by molar-refractivity contribution is 0.0785. The van der Waals surface area contributed by atoms with Crippen LogP contribution in [0.3, 0.4) is 0 Å². The zero-order valence-electron chi connectivity index (χ0n) is 16.0. The Morgan fingerprint density at radius 2 is 1.79 bits per heavy atom. The fraction of sp³-hybridized carbons (Fsp3) is 0.190. The van der Waals surface area contributed by atoms with E-state index in [4.69, 9.17) is 4.74 Å². The van der Waals surface area contributed by atoms with Gasteiger partial charge in [-0.05, 0) is 41.6 Å². The summed E-state index contributed by atoms with van der Waals surface area (Å²) in [5, 5.41) is 2.19. The number of amides is 1. The number of hydrogen-bond acceptors (Lipinski definition) is 4. The molecule has 7 heteroatoms. The predicted molar refractivity (Wildman–Crippen MR) is 109 cm³/mol. The maximum absolute atomic E-state index is 12.9. The minimum Gasteiger partial charge on any atom is -0.495 e. The number of nitrogens with zero attached hydrogens (tertiary/aromatic N) is 1. The number of carbonyl (C=O) groups is 1. The zero-order valence-corrected chi connectivity index (χ0v) is 16.8. The highest BCUT2D eigenvalue weighted by atomic mass is 32.2. The van der Waals surface area contributed by atoms with E-state index >= 15 is 0 Å². The molecule has 0 fully saturated rings. The lowest BCUT2D eigenvalue weighted by Crippen LogP contribution is -2.27. The fourth-order valence-electron chi connectivity index (χ4n) is 3.11. The van der Waals surface area contributed by atoms with Gasteiger partial charge in [0.05, 0.1) is 7.11 Å². The zero-order chi connectivity index (χ0) is 20.3. The van der Waals surface area contributed by atoms with Gasteiger partial charge in [-0.2, -0.15) is 0 Å². The van der Waals surface area contributed by atoms with Crippen LogP contribution in [0.4, 0.5) is 0 Å².